The van der Waals surface area contributed by atoms with E-state index in [-0.39, 0.29) is 30.3 Å². The number of ether oxygens (including phenoxy) is 2. The summed E-state index contributed by atoms with van der Waals surface area (Å²) in [7, 11) is 0. The lowest BCUT2D eigenvalue weighted by Crippen LogP contribution is -2.39. The maximum atomic E-state index is 12.7. The van der Waals surface area contributed by atoms with Crippen molar-refractivity contribution in [3.05, 3.63) is 0 Å². The minimum absolute atomic E-state index is 0.136. The Labute approximate surface area is 140 Å². The highest BCUT2D eigenvalue weighted by molar-refractivity contribution is 5.79. The summed E-state index contributed by atoms with van der Waals surface area (Å²) in [5, 5.41) is 0. The van der Waals surface area contributed by atoms with E-state index in [1.807, 2.05) is 18.7 Å². The van der Waals surface area contributed by atoms with E-state index in [1.165, 1.54) is 6.42 Å². The third-order valence-electron chi connectivity index (χ3n) is 4.18. The molecule has 0 spiro atoms. The van der Waals surface area contributed by atoms with Gasteiger partial charge in [0.25, 0.3) is 0 Å². The molecule has 0 atom stereocenters. The second kappa shape index (κ2) is 11.4. The third-order valence-corrected chi connectivity index (χ3v) is 4.18. The second-order valence-corrected chi connectivity index (χ2v) is 6.49. The van der Waals surface area contributed by atoms with Crippen molar-refractivity contribution in [2.45, 2.75) is 71.8 Å². The predicted molar refractivity (Wildman–Crippen MR) is 90.1 cm³/mol. The van der Waals surface area contributed by atoms with Crippen LogP contribution in [0.1, 0.15) is 65.7 Å². The van der Waals surface area contributed by atoms with Crippen LogP contribution in [0.25, 0.3) is 0 Å². The molecule has 0 aromatic carbocycles. The molecule has 0 radical (unpaired) electrons. The summed E-state index contributed by atoms with van der Waals surface area (Å²) < 4.78 is 10.5. The summed E-state index contributed by atoms with van der Waals surface area (Å²) in [6.45, 7) is 7.95. The molecule has 0 N–H and O–H groups in total. The Hall–Kier alpha value is -1.10. The lowest BCUT2D eigenvalue weighted by Gasteiger charge is -2.29. The van der Waals surface area contributed by atoms with E-state index in [4.69, 9.17) is 9.47 Å². The molecule has 23 heavy (non-hydrogen) atoms. The summed E-state index contributed by atoms with van der Waals surface area (Å²) in [5.41, 5.74) is 0. The zero-order chi connectivity index (χ0) is 17.1. The molecule has 1 amide bonds. The summed E-state index contributed by atoms with van der Waals surface area (Å²) >= 11 is 0. The molecule has 1 saturated carbocycles. The first kappa shape index (κ1) is 19.9. The molecule has 1 aliphatic rings. The van der Waals surface area contributed by atoms with Gasteiger partial charge in [0.1, 0.15) is 0 Å². The van der Waals surface area contributed by atoms with E-state index in [0.717, 1.165) is 32.1 Å². The minimum atomic E-state index is -0.229. The van der Waals surface area contributed by atoms with Crippen molar-refractivity contribution in [1.82, 2.24) is 4.90 Å². The summed E-state index contributed by atoms with van der Waals surface area (Å²) in [4.78, 5) is 26.2. The first-order chi connectivity index (χ1) is 11.0. The topological polar surface area (TPSA) is 55.8 Å². The molecule has 134 valence electrons. The fourth-order valence-corrected chi connectivity index (χ4v) is 2.97. The third kappa shape index (κ3) is 8.35. The van der Waals surface area contributed by atoms with E-state index < -0.39 is 0 Å². The summed E-state index contributed by atoms with van der Waals surface area (Å²) in [6, 6.07) is 0. The number of amides is 1. The number of rotatable bonds is 10. The predicted octanol–water partition coefficient (Wildman–Crippen LogP) is 3.16. The van der Waals surface area contributed by atoms with Gasteiger partial charge in [0.2, 0.25) is 5.91 Å². The average Bonchev–Trinajstić information content (AvgIpc) is 2.54. The molecular weight excluding hydrogens is 294 g/mol. The Balaban J connectivity index is 2.48. The normalized spacial score (nSPS) is 15.7. The van der Waals surface area contributed by atoms with Crippen molar-refractivity contribution in [2.24, 2.45) is 5.92 Å². The van der Waals surface area contributed by atoms with E-state index in [9.17, 15) is 9.59 Å². The Morgan fingerprint density at radius 3 is 2.43 bits per heavy atom. The van der Waals surface area contributed by atoms with Gasteiger partial charge in [-0.15, -0.1) is 0 Å². The summed E-state index contributed by atoms with van der Waals surface area (Å²) in [5.74, 6) is 0.114. The van der Waals surface area contributed by atoms with Crippen molar-refractivity contribution in [1.29, 1.82) is 0 Å². The van der Waals surface area contributed by atoms with Gasteiger partial charge in [-0.25, -0.2) is 0 Å². The zero-order valence-corrected chi connectivity index (χ0v) is 15.0. The summed E-state index contributed by atoms with van der Waals surface area (Å²) in [6.07, 6.45) is 6.76. The first-order valence-corrected chi connectivity index (χ1v) is 9.10. The van der Waals surface area contributed by atoms with Gasteiger partial charge >= 0.3 is 5.97 Å². The van der Waals surface area contributed by atoms with Gasteiger partial charge in [0.05, 0.1) is 19.1 Å². The monoisotopic (exact) mass is 327 g/mol. The molecular formula is C18H33NO4. The molecule has 1 fully saturated rings. The van der Waals surface area contributed by atoms with Crippen molar-refractivity contribution in [2.75, 3.05) is 26.3 Å². The van der Waals surface area contributed by atoms with E-state index in [1.54, 1.807) is 6.92 Å². The maximum absolute atomic E-state index is 12.7. The lowest BCUT2D eigenvalue weighted by molar-refractivity contribution is -0.144. The molecule has 0 bridgehead atoms. The van der Waals surface area contributed by atoms with Crippen LogP contribution < -0.4 is 0 Å². The Morgan fingerprint density at radius 1 is 1.13 bits per heavy atom. The van der Waals surface area contributed by atoms with Crippen molar-refractivity contribution in [3.8, 4) is 0 Å². The number of carbonyl (C=O) groups excluding carboxylic acids is 2. The number of esters is 1. The highest BCUT2D eigenvalue weighted by Crippen LogP contribution is 2.25. The molecule has 0 saturated heterocycles. The first-order valence-electron chi connectivity index (χ1n) is 9.10. The maximum Gasteiger partial charge on any atom is 0.307 e. The Kier molecular flexibility index (Phi) is 9.92. The Morgan fingerprint density at radius 2 is 1.83 bits per heavy atom. The molecule has 1 rings (SSSR count). The van der Waals surface area contributed by atoms with Crippen LogP contribution in [0.15, 0.2) is 0 Å². The zero-order valence-electron chi connectivity index (χ0n) is 15.0. The average molecular weight is 327 g/mol. The van der Waals surface area contributed by atoms with Crippen LogP contribution in [-0.4, -0.2) is 49.2 Å². The molecule has 5 nitrogen and oxygen atoms in total. The van der Waals surface area contributed by atoms with E-state index in [2.05, 4.69) is 0 Å². The fraction of sp³-hybridized carbons (Fsp3) is 0.889. The number of carbonyl (C=O) groups is 2. The number of nitrogens with zero attached hydrogens (tertiary/aromatic N) is 1. The van der Waals surface area contributed by atoms with Crippen LogP contribution in [0, 0.1) is 5.92 Å². The molecule has 0 unspecified atom stereocenters. The molecule has 5 heteroatoms. The number of hydrogen-bond donors (Lipinski definition) is 0. The smallest absolute Gasteiger partial charge is 0.307 e. The SMILES string of the molecule is CCOC(=O)CCN(CCCOC(C)C)C(=O)C1CCCCC1. The van der Waals surface area contributed by atoms with Crippen molar-refractivity contribution < 1.29 is 19.1 Å². The van der Waals surface area contributed by atoms with Crippen LogP contribution in [0.5, 0.6) is 0 Å². The van der Waals surface area contributed by atoms with Crippen LogP contribution >= 0.6 is 0 Å². The van der Waals surface area contributed by atoms with Gasteiger partial charge in [0, 0.05) is 25.6 Å². The van der Waals surface area contributed by atoms with Crippen LogP contribution in [0.3, 0.4) is 0 Å². The second-order valence-electron chi connectivity index (χ2n) is 6.49. The van der Waals surface area contributed by atoms with Crippen molar-refractivity contribution in [3.63, 3.8) is 0 Å². The molecule has 0 aliphatic heterocycles. The number of hydrogen-bond acceptors (Lipinski definition) is 4. The van der Waals surface area contributed by atoms with Gasteiger partial charge in [-0.3, -0.25) is 9.59 Å². The van der Waals surface area contributed by atoms with Gasteiger partial charge in [-0.1, -0.05) is 19.3 Å². The van der Waals surface area contributed by atoms with Crippen molar-refractivity contribution >= 4 is 11.9 Å². The standard InChI is InChI=1S/C18H33NO4/c1-4-22-17(20)11-13-19(12-8-14-23-15(2)3)18(21)16-9-6-5-7-10-16/h15-16H,4-14H2,1-3H3. The van der Waals surface area contributed by atoms with Crippen LogP contribution in [0.4, 0.5) is 0 Å². The molecule has 0 aromatic heterocycles. The lowest BCUT2D eigenvalue weighted by atomic mass is 9.88. The fourth-order valence-electron chi connectivity index (χ4n) is 2.97. The Bertz CT molecular complexity index is 351. The van der Waals surface area contributed by atoms with Crippen LogP contribution in [0.2, 0.25) is 0 Å². The largest absolute Gasteiger partial charge is 0.466 e. The van der Waals surface area contributed by atoms with E-state index in [0.29, 0.717) is 26.3 Å². The van der Waals surface area contributed by atoms with E-state index >= 15 is 0 Å². The molecule has 0 heterocycles. The molecule has 0 aromatic rings. The minimum Gasteiger partial charge on any atom is -0.466 e. The van der Waals surface area contributed by atoms with Crippen LogP contribution in [-0.2, 0) is 19.1 Å². The highest BCUT2D eigenvalue weighted by Gasteiger charge is 2.26. The highest BCUT2D eigenvalue weighted by atomic mass is 16.5. The van der Waals surface area contributed by atoms with Gasteiger partial charge < -0.3 is 14.4 Å². The van der Waals surface area contributed by atoms with Gasteiger partial charge in [-0.2, -0.15) is 0 Å². The van der Waals surface area contributed by atoms with Gasteiger partial charge in [0.15, 0.2) is 0 Å². The molecule has 1 aliphatic carbocycles. The quantitative estimate of drug-likeness (QED) is 0.457. The van der Waals surface area contributed by atoms with Gasteiger partial charge in [-0.05, 0) is 40.0 Å².